The predicted octanol–water partition coefficient (Wildman–Crippen LogP) is 2.87. The molecule has 2 heterocycles. The summed E-state index contributed by atoms with van der Waals surface area (Å²) < 4.78 is 0. The van der Waals surface area contributed by atoms with E-state index >= 15 is 0 Å². The average Bonchev–Trinajstić information content (AvgIpc) is 3.41. The molecule has 1 saturated heterocycles. The van der Waals surface area contributed by atoms with Crippen LogP contribution in [0.25, 0.3) is 0 Å². The molecule has 0 bridgehead atoms. The van der Waals surface area contributed by atoms with Crippen molar-refractivity contribution < 1.29 is 4.79 Å². The Morgan fingerprint density at radius 3 is 2.70 bits per heavy atom. The van der Waals surface area contributed by atoms with Crippen LogP contribution >= 0.6 is 0 Å². The van der Waals surface area contributed by atoms with Gasteiger partial charge in [0.25, 0.3) is 0 Å². The minimum Gasteiger partial charge on any atom is -0.348 e. The molecular weight excluding hydrogens is 338 g/mol. The SMILES string of the molecule is Cc1ccc(C(NC(=O)CN2CCCC(c3n[nH]c(C)n3)C2)C2CC2)cc1. The number of aryl methyl sites for hydroxylation is 2. The van der Waals surface area contributed by atoms with Gasteiger partial charge in [0.15, 0.2) is 5.82 Å². The molecule has 1 aliphatic carbocycles. The van der Waals surface area contributed by atoms with Crippen molar-refractivity contribution in [2.24, 2.45) is 5.92 Å². The number of benzene rings is 1. The predicted molar refractivity (Wildman–Crippen MR) is 104 cm³/mol. The van der Waals surface area contributed by atoms with Crippen LogP contribution in [-0.2, 0) is 4.79 Å². The van der Waals surface area contributed by atoms with Gasteiger partial charge in [0.1, 0.15) is 5.82 Å². The number of piperidine rings is 1. The number of carbonyl (C=O) groups is 1. The Kier molecular flexibility index (Phi) is 5.25. The molecule has 2 atom stereocenters. The standard InChI is InChI=1S/C21H29N5O/c1-14-5-7-16(8-6-14)20(17-9-10-17)23-19(27)13-26-11-3-4-18(12-26)21-22-15(2)24-25-21/h5-8,17-18,20H,3-4,9-13H2,1-2H3,(H,23,27)(H,22,24,25). The third kappa shape index (κ3) is 4.56. The Morgan fingerprint density at radius 2 is 2.04 bits per heavy atom. The highest BCUT2D eigenvalue weighted by Crippen LogP contribution is 2.41. The molecule has 1 amide bonds. The number of carbonyl (C=O) groups excluding carboxylic acids is 1. The number of H-pyrrole nitrogens is 1. The van der Waals surface area contributed by atoms with Gasteiger partial charge in [0, 0.05) is 12.5 Å². The van der Waals surface area contributed by atoms with Crippen LogP contribution in [0.1, 0.15) is 60.4 Å². The number of amides is 1. The zero-order valence-corrected chi connectivity index (χ0v) is 16.2. The third-order valence-electron chi connectivity index (χ3n) is 5.70. The molecule has 2 N–H and O–H groups in total. The summed E-state index contributed by atoms with van der Waals surface area (Å²) in [6.07, 6.45) is 4.57. The van der Waals surface area contributed by atoms with Crippen LogP contribution in [0.15, 0.2) is 24.3 Å². The zero-order valence-electron chi connectivity index (χ0n) is 16.2. The molecule has 1 aromatic heterocycles. The molecule has 2 fully saturated rings. The van der Waals surface area contributed by atoms with Gasteiger partial charge < -0.3 is 5.32 Å². The van der Waals surface area contributed by atoms with Crippen LogP contribution < -0.4 is 5.32 Å². The van der Waals surface area contributed by atoms with E-state index < -0.39 is 0 Å². The summed E-state index contributed by atoms with van der Waals surface area (Å²) in [4.78, 5) is 19.5. The second-order valence-corrected chi connectivity index (χ2v) is 8.15. The number of nitrogens with zero attached hydrogens (tertiary/aromatic N) is 3. The molecule has 0 spiro atoms. The lowest BCUT2D eigenvalue weighted by Crippen LogP contribution is -2.43. The van der Waals surface area contributed by atoms with E-state index in [-0.39, 0.29) is 11.9 Å². The first-order chi connectivity index (χ1) is 13.1. The molecule has 4 rings (SSSR count). The Balaban J connectivity index is 1.35. The number of aromatic amines is 1. The number of rotatable bonds is 6. The van der Waals surface area contributed by atoms with E-state index in [2.05, 4.69) is 56.6 Å². The summed E-state index contributed by atoms with van der Waals surface area (Å²) in [6, 6.07) is 8.72. The Hall–Kier alpha value is -2.21. The molecule has 2 aromatic rings. The minimum atomic E-state index is 0.124. The van der Waals surface area contributed by atoms with Crippen LogP contribution in [0.2, 0.25) is 0 Å². The van der Waals surface area contributed by atoms with Gasteiger partial charge in [-0.05, 0) is 57.6 Å². The molecule has 144 valence electrons. The maximum atomic E-state index is 12.8. The van der Waals surface area contributed by atoms with Gasteiger partial charge >= 0.3 is 0 Å². The fourth-order valence-electron chi connectivity index (χ4n) is 4.05. The number of aromatic nitrogens is 3. The zero-order chi connectivity index (χ0) is 18.8. The lowest BCUT2D eigenvalue weighted by atomic mass is 9.97. The summed E-state index contributed by atoms with van der Waals surface area (Å²) in [5, 5.41) is 10.5. The summed E-state index contributed by atoms with van der Waals surface area (Å²) in [7, 11) is 0. The normalized spacial score (nSPS) is 21.8. The first kappa shape index (κ1) is 18.2. The van der Waals surface area contributed by atoms with Gasteiger partial charge in [0.05, 0.1) is 12.6 Å². The van der Waals surface area contributed by atoms with Crippen LogP contribution in [-0.4, -0.2) is 45.6 Å². The molecule has 6 heteroatoms. The number of likely N-dealkylation sites (tertiary alicyclic amines) is 1. The van der Waals surface area contributed by atoms with Crippen molar-refractivity contribution >= 4 is 5.91 Å². The topological polar surface area (TPSA) is 73.9 Å². The van der Waals surface area contributed by atoms with Gasteiger partial charge in [0.2, 0.25) is 5.91 Å². The monoisotopic (exact) mass is 367 g/mol. The molecule has 1 aromatic carbocycles. The third-order valence-corrected chi connectivity index (χ3v) is 5.70. The van der Waals surface area contributed by atoms with Crippen LogP contribution in [0.4, 0.5) is 0 Å². The van der Waals surface area contributed by atoms with Crippen molar-refractivity contribution in [3.05, 3.63) is 47.0 Å². The first-order valence-electron chi connectivity index (χ1n) is 10.1. The molecule has 0 radical (unpaired) electrons. The highest BCUT2D eigenvalue weighted by atomic mass is 16.2. The van der Waals surface area contributed by atoms with E-state index in [0.29, 0.717) is 18.4 Å². The van der Waals surface area contributed by atoms with Crippen molar-refractivity contribution in [1.29, 1.82) is 0 Å². The van der Waals surface area contributed by atoms with Gasteiger partial charge in [-0.25, -0.2) is 4.98 Å². The van der Waals surface area contributed by atoms with E-state index in [0.717, 1.165) is 37.6 Å². The highest BCUT2D eigenvalue weighted by Gasteiger charge is 2.34. The van der Waals surface area contributed by atoms with Gasteiger partial charge in [-0.15, -0.1) is 0 Å². The van der Waals surface area contributed by atoms with E-state index in [4.69, 9.17) is 0 Å². The fourth-order valence-corrected chi connectivity index (χ4v) is 4.05. The summed E-state index contributed by atoms with van der Waals surface area (Å²) in [6.45, 7) is 6.29. The van der Waals surface area contributed by atoms with Crippen molar-refractivity contribution in [1.82, 2.24) is 25.4 Å². The molecular formula is C21H29N5O. The molecule has 1 aliphatic heterocycles. The van der Waals surface area contributed by atoms with Crippen molar-refractivity contribution in [2.45, 2.75) is 51.5 Å². The van der Waals surface area contributed by atoms with Crippen molar-refractivity contribution in [3.63, 3.8) is 0 Å². The van der Waals surface area contributed by atoms with E-state index in [1.165, 1.54) is 24.0 Å². The minimum absolute atomic E-state index is 0.124. The van der Waals surface area contributed by atoms with E-state index in [9.17, 15) is 4.79 Å². The van der Waals surface area contributed by atoms with Gasteiger partial charge in [-0.2, -0.15) is 5.10 Å². The highest BCUT2D eigenvalue weighted by molar-refractivity contribution is 5.78. The Labute approximate surface area is 160 Å². The van der Waals surface area contributed by atoms with Crippen LogP contribution in [0, 0.1) is 19.8 Å². The van der Waals surface area contributed by atoms with Crippen LogP contribution in [0.5, 0.6) is 0 Å². The quantitative estimate of drug-likeness (QED) is 0.823. The maximum Gasteiger partial charge on any atom is 0.234 e. The number of hydrogen-bond donors (Lipinski definition) is 2. The van der Waals surface area contributed by atoms with Gasteiger partial charge in [-0.3, -0.25) is 14.8 Å². The summed E-state index contributed by atoms with van der Waals surface area (Å²) >= 11 is 0. The fraction of sp³-hybridized carbons (Fsp3) is 0.571. The van der Waals surface area contributed by atoms with Crippen molar-refractivity contribution in [2.75, 3.05) is 19.6 Å². The lowest BCUT2D eigenvalue weighted by Gasteiger charge is -2.31. The van der Waals surface area contributed by atoms with Gasteiger partial charge in [-0.1, -0.05) is 29.8 Å². The molecule has 1 saturated carbocycles. The number of nitrogens with one attached hydrogen (secondary N) is 2. The van der Waals surface area contributed by atoms with E-state index in [1.54, 1.807) is 0 Å². The van der Waals surface area contributed by atoms with E-state index in [1.807, 2.05) is 6.92 Å². The summed E-state index contributed by atoms with van der Waals surface area (Å²) in [5.74, 6) is 2.76. The molecule has 2 aliphatic rings. The largest absolute Gasteiger partial charge is 0.348 e. The lowest BCUT2D eigenvalue weighted by molar-refractivity contribution is -0.123. The molecule has 6 nitrogen and oxygen atoms in total. The Morgan fingerprint density at radius 1 is 1.26 bits per heavy atom. The van der Waals surface area contributed by atoms with Crippen molar-refractivity contribution in [3.8, 4) is 0 Å². The Bertz CT molecular complexity index is 780. The average molecular weight is 367 g/mol. The molecule has 2 unspecified atom stereocenters. The molecule has 27 heavy (non-hydrogen) atoms. The second-order valence-electron chi connectivity index (χ2n) is 8.15. The first-order valence-corrected chi connectivity index (χ1v) is 10.1. The second kappa shape index (κ2) is 7.80. The maximum absolute atomic E-state index is 12.8. The van der Waals surface area contributed by atoms with Crippen LogP contribution in [0.3, 0.4) is 0 Å². The number of hydrogen-bond acceptors (Lipinski definition) is 4. The summed E-state index contributed by atoms with van der Waals surface area (Å²) in [5.41, 5.74) is 2.48. The smallest absolute Gasteiger partial charge is 0.234 e.